The number of carbonyl (C=O) groups is 1. The molecule has 0 unspecified atom stereocenters. The Hall–Kier alpha value is -1.35. The molecule has 0 N–H and O–H groups in total. The van der Waals surface area contributed by atoms with E-state index in [1.807, 2.05) is 23.1 Å². The number of nitrogens with zero attached hydrogens (tertiary/aromatic N) is 1. The molecule has 0 saturated carbocycles. The fourth-order valence-corrected chi connectivity index (χ4v) is 2.44. The lowest BCUT2D eigenvalue weighted by atomic mass is 9.96. The van der Waals surface area contributed by atoms with E-state index in [0.29, 0.717) is 5.92 Å². The lowest BCUT2D eigenvalue weighted by Crippen LogP contribution is -2.34. The summed E-state index contributed by atoms with van der Waals surface area (Å²) in [5.41, 5.74) is 2.33. The molecule has 1 aromatic rings. The second kappa shape index (κ2) is 5.32. The zero-order valence-corrected chi connectivity index (χ0v) is 10.5. The molecule has 0 spiro atoms. The Morgan fingerprint density at radius 3 is 3.00 bits per heavy atom. The molecule has 1 aliphatic rings. The highest BCUT2D eigenvalue weighted by Crippen LogP contribution is 2.33. The van der Waals surface area contributed by atoms with Gasteiger partial charge in [-0.1, -0.05) is 25.1 Å². The largest absolute Gasteiger partial charge is 0.375 e. The number of hydrogen-bond donors (Lipinski definition) is 0. The summed E-state index contributed by atoms with van der Waals surface area (Å²) in [6.07, 6.45) is 2.18. The third-order valence-electron chi connectivity index (χ3n) is 3.35. The van der Waals surface area contributed by atoms with Crippen molar-refractivity contribution in [1.82, 2.24) is 0 Å². The lowest BCUT2D eigenvalue weighted by molar-refractivity contribution is -0.122. The number of anilines is 1. The van der Waals surface area contributed by atoms with Gasteiger partial charge in [0.15, 0.2) is 0 Å². The van der Waals surface area contributed by atoms with Gasteiger partial charge in [-0.3, -0.25) is 4.79 Å². The molecular weight excluding hydrogens is 214 g/mol. The number of carbonyl (C=O) groups excluding carboxylic acids is 1. The van der Waals surface area contributed by atoms with Gasteiger partial charge in [0.05, 0.1) is 0 Å². The maximum absolute atomic E-state index is 12.0. The number of para-hydroxylation sites is 1. The van der Waals surface area contributed by atoms with Crippen LogP contribution in [0.1, 0.15) is 31.2 Å². The average molecular weight is 233 g/mol. The number of ether oxygens (including phenoxy) is 1. The molecule has 0 bridgehead atoms. The van der Waals surface area contributed by atoms with E-state index in [1.165, 1.54) is 5.56 Å². The molecule has 2 rings (SSSR count). The fraction of sp³-hybridized carbons (Fsp3) is 0.500. The Labute approximate surface area is 102 Å². The molecule has 17 heavy (non-hydrogen) atoms. The summed E-state index contributed by atoms with van der Waals surface area (Å²) in [6.45, 7) is 3.18. The van der Waals surface area contributed by atoms with Crippen LogP contribution in [0.3, 0.4) is 0 Å². The van der Waals surface area contributed by atoms with Gasteiger partial charge in [-0.15, -0.1) is 0 Å². The number of methoxy groups -OCH3 is 1. The van der Waals surface area contributed by atoms with Crippen LogP contribution in [0.5, 0.6) is 0 Å². The van der Waals surface area contributed by atoms with Gasteiger partial charge < -0.3 is 9.64 Å². The van der Waals surface area contributed by atoms with Crippen molar-refractivity contribution >= 4 is 11.6 Å². The summed E-state index contributed by atoms with van der Waals surface area (Å²) >= 11 is 0. The van der Waals surface area contributed by atoms with Gasteiger partial charge in [0, 0.05) is 19.3 Å². The Morgan fingerprint density at radius 1 is 1.47 bits per heavy atom. The topological polar surface area (TPSA) is 29.5 Å². The quantitative estimate of drug-likeness (QED) is 0.785. The Morgan fingerprint density at radius 2 is 2.24 bits per heavy atom. The predicted molar refractivity (Wildman–Crippen MR) is 68.3 cm³/mol. The molecule has 0 aliphatic carbocycles. The van der Waals surface area contributed by atoms with Crippen LogP contribution in [0, 0.1) is 0 Å². The van der Waals surface area contributed by atoms with Crippen molar-refractivity contribution in [3.63, 3.8) is 0 Å². The third kappa shape index (κ3) is 2.50. The van der Waals surface area contributed by atoms with Crippen molar-refractivity contribution in [1.29, 1.82) is 0 Å². The summed E-state index contributed by atoms with van der Waals surface area (Å²) in [5, 5.41) is 0. The molecule has 1 aromatic carbocycles. The highest BCUT2D eigenvalue weighted by atomic mass is 16.5. The average Bonchev–Trinajstić information content (AvgIpc) is 2.50. The normalized spacial score (nSPS) is 19.6. The zero-order valence-electron chi connectivity index (χ0n) is 10.5. The Kier molecular flexibility index (Phi) is 3.79. The first-order chi connectivity index (χ1) is 8.24. The van der Waals surface area contributed by atoms with Crippen molar-refractivity contribution in [3.05, 3.63) is 29.8 Å². The summed E-state index contributed by atoms with van der Waals surface area (Å²) < 4.78 is 4.95. The summed E-state index contributed by atoms with van der Waals surface area (Å²) in [5.74, 6) is 0.570. The first-order valence-corrected chi connectivity index (χ1v) is 6.12. The maximum Gasteiger partial charge on any atom is 0.252 e. The molecular formula is C14H19NO2. The molecule has 1 aliphatic heterocycles. The van der Waals surface area contributed by atoms with Gasteiger partial charge in [0.2, 0.25) is 0 Å². The number of benzene rings is 1. The van der Waals surface area contributed by atoms with Crippen LogP contribution in [-0.2, 0) is 9.53 Å². The van der Waals surface area contributed by atoms with Gasteiger partial charge in [0.1, 0.15) is 6.61 Å². The number of amides is 1. The van der Waals surface area contributed by atoms with Crippen molar-refractivity contribution in [2.24, 2.45) is 0 Å². The summed E-state index contributed by atoms with van der Waals surface area (Å²) in [6, 6.07) is 8.19. The van der Waals surface area contributed by atoms with Crippen LogP contribution < -0.4 is 4.90 Å². The van der Waals surface area contributed by atoms with Crippen LogP contribution >= 0.6 is 0 Å². The van der Waals surface area contributed by atoms with Crippen molar-refractivity contribution in [2.45, 2.75) is 25.7 Å². The molecule has 0 saturated heterocycles. The maximum atomic E-state index is 12.0. The second-order valence-electron chi connectivity index (χ2n) is 4.58. The standard InChI is InChI=1S/C14H19NO2/c1-11-6-5-9-15(14(16)10-17-2)13-8-4-3-7-12(11)13/h3-4,7-8,11H,5-6,9-10H2,1-2H3/t11-/m1/s1. The van der Waals surface area contributed by atoms with Crippen LogP contribution in [0.4, 0.5) is 5.69 Å². The molecule has 0 radical (unpaired) electrons. The van der Waals surface area contributed by atoms with E-state index >= 15 is 0 Å². The molecule has 1 amide bonds. The molecule has 92 valence electrons. The Bertz CT molecular complexity index is 403. The molecule has 1 atom stereocenters. The summed E-state index contributed by atoms with van der Waals surface area (Å²) in [7, 11) is 1.56. The summed E-state index contributed by atoms with van der Waals surface area (Å²) in [4.78, 5) is 13.9. The van der Waals surface area contributed by atoms with E-state index in [2.05, 4.69) is 13.0 Å². The van der Waals surface area contributed by atoms with Crippen molar-refractivity contribution in [3.8, 4) is 0 Å². The highest BCUT2D eigenvalue weighted by Gasteiger charge is 2.23. The third-order valence-corrected chi connectivity index (χ3v) is 3.35. The fourth-order valence-electron chi connectivity index (χ4n) is 2.44. The van der Waals surface area contributed by atoms with Gasteiger partial charge in [-0.2, -0.15) is 0 Å². The van der Waals surface area contributed by atoms with Crippen LogP contribution in [0.2, 0.25) is 0 Å². The van der Waals surface area contributed by atoms with Gasteiger partial charge in [-0.05, 0) is 30.4 Å². The van der Waals surface area contributed by atoms with E-state index in [9.17, 15) is 4.79 Å². The number of hydrogen-bond acceptors (Lipinski definition) is 2. The molecule has 0 aromatic heterocycles. The van der Waals surface area contributed by atoms with Crippen LogP contribution in [0.25, 0.3) is 0 Å². The zero-order chi connectivity index (χ0) is 12.3. The lowest BCUT2D eigenvalue weighted by Gasteiger charge is -2.23. The SMILES string of the molecule is COCC(=O)N1CCC[C@@H](C)c2ccccc21. The van der Waals surface area contributed by atoms with E-state index in [4.69, 9.17) is 4.74 Å². The first-order valence-electron chi connectivity index (χ1n) is 6.12. The number of rotatable bonds is 2. The van der Waals surface area contributed by atoms with Crippen molar-refractivity contribution in [2.75, 3.05) is 25.2 Å². The van der Waals surface area contributed by atoms with Crippen LogP contribution in [-0.4, -0.2) is 26.2 Å². The molecule has 3 nitrogen and oxygen atoms in total. The molecule has 3 heteroatoms. The smallest absolute Gasteiger partial charge is 0.252 e. The number of fused-ring (bicyclic) bond motifs is 1. The first kappa shape index (κ1) is 12.1. The van der Waals surface area contributed by atoms with E-state index in [0.717, 1.165) is 25.1 Å². The monoisotopic (exact) mass is 233 g/mol. The van der Waals surface area contributed by atoms with Crippen LogP contribution in [0.15, 0.2) is 24.3 Å². The van der Waals surface area contributed by atoms with Gasteiger partial charge in [0.25, 0.3) is 5.91 Å². The molecule has 1 heterocycles. The minimum atomic E-state index is 0.0500. The van der Waals surface area contributed by atoms with E-state index in [-0.39, 0.29) is 12.5 Å². The molecule has 0 fully saturated rings. The highest BCUT2D eigenvalue weighted by molar-refractivity contribution is 5.95. The predicted octanol–water partition coefficient (Wildman–Crippen LogP) is 2.56. The van der Waals surface area contributed by atoms with E-state index in [1.54, 1.807) is 7.11 Å². The second-order valence-corrected chi connectivity index (χ2v) is 4.58. The minimum absolute atomic E-state index is 0.0500. The van der Waals surface area contributed by atoms with Gasteiger partial charge >= 0.3 is 0 Å². The van der Waals surface area contributed by atoms with Gasteiger partial charge in [-0.25, -0.2) is 0 Å². The van der Waals surface area contributed by atoms with Crippen molar-refractivity contribution < 1.29 is 9.53 Å². The minimum Gasteiger partial charge on any atom is -0.375 e. The Balaban J connectivity index is 2.35. The van der Waals surface area contributed by atoms with E-state index < -0.39 is 0 Å².